The summed E-state index contributed by atoms with van der Waals surface area (Å²) in [4.78, 5) is 20.0. The highest BCUT2D eigenvalue weighted by atomic mass is 32.1. The number of pyridine rings is 2. The van der Waals surface area contributed by atoms with Crippen molar-refractivity contribution in [2.45, 2.75) is 33.0 Å². The van der Waals surface area contributed by atoms with Gasteiger partial charge in [0.2, 0.25) is 0 Å². The van der Waals surface area contributed by atoms with E-state index in [1.807, 2.05) is 20.8 Å². The minimum atomic E-state index is -1.31. The van der Waals surface area contributed by atoms with Gasteiger partial charge < -0.3 is 14.8 Å². The van der Waals surface area contributed by atoms with Gasteiger partial charge >= 0.3 is 0 Å². The highest BCUT2D eigenvalue weighted by Crippen LogP contribution is 2.45. The zero-order valence-electron chi connectivity index (χ0n) is 14.7. The van der Waals surface area contributed by atoms with Crippen molar-refractivity contribution >= 4 is 21.4 Å². The molecule has 4 rings (SSSR count). The molecule has 0 saturated carbocycles. The van der Waals surface area contributed by atoms with Crippen LogP contribution in [0.15, 0.2) is 29.3 Å². The monoisotopic (exact) mass is 374 g/mol. The standard InChI is InChI=1S/C19H19FN2O3S/c1-18(2,3)19(24)9-25-8-12-11-6-14(10-4-5-21-7-13(10)20)26-15(11)17(23)22-16(12)19/h4-7,24H,8-9H2,1-3H3,(H,22,23). The molecule has 1 atom stereocenters. The second kappa shape index (κ2) is 5.70. The lowest BCUT2D eigenvalue weighted by Crippen LogP contribution is -2.48. The van der Waals surface area contributed by atoms with Gasteiger partial charge in [-0.2, -0.15) is 0 Å². The molecule has 0 radical (unpaired) electrons. The van der Waals surface area contributed by atoms with E-state index in [1.165, 1.54) is 17.5 Å². The number of hydrogen-bond donors (Lipinski definition) is 2. The fraction of sp³-hybridized carbons (Fsp3) is 0.368. The van der Waals surface area contributed by atoms with Crippen LogP contribution in [0.2, 0.25) is 0 Å². The number of H-pyrrole nitrogens is 1. The summed E-state index contributed by atoms with van der Waals surface area (Å²) in [5.41, 5.74) is -0.480. The number of halogens is 1. The van der Waals surface area contributed by atoms with Crippen molar-refractivity contribution in [1.29, 1.82) is 0 Å². The first-order valence-corrected chi connectivity index (χ1v) is 9.13. The zero-order chi connectivity index (χ0) is 18.7. The normalized spacial score (nSPS) is 20.3. The quantitative estimate of drug-likeness (QED) is 0.683. The minimum absolute atomic E-state index is 0.112. The second-order valence-corrected chi connectivity index (χ2v) is 8.67. The van der Waals surface area contributed by atoms with Crippen LogP contribution in [0.3, 0.4) is 0 Å². The Labute approximate surface area is 153 Å². The predicted molar refractivity (Wildman–Crippen MR) is 98.6 cm³/mol. The molecular weight excluding hydrogens is 355 g/mol. The molecule has 3 aromatic heterocycles. The summed E-state index contributed by atoms with van der Waals surface area (Å²) in [6.07, 6.45) is 2.67. The van der Waals surface area contributed by atoms with E-state index in [0.717, 1.165) is 11.8 Å². The molecule has 26 heavy (non-hydrogen) atoms. The van der Waals surface area contributed by atoms with E-state index in [2.05, 4.69) is 9.97 Å². The molecule has 3 aromatic rings. The molecule has 0 saturated heterocycles. The molecular formula is C19H19FN2O3S. The average Bonchev–Trinajstić information content (AvgIpc) is 3.01. The Hall–Kier alpha value is -2.09. The number of aromatic nitrogens is 2. The van der Waals surface area contributed by atoms with E-state index in [1.54, 1.807) is 12.1 Å². The van der Waals surface area contributed by atoms with Crippen molar-refractivity contribution in [1.82, 2.24) is 9.97 Å². The van der Waals surface area contributed by atoms with Crippen molar-refractivity contribution in [3.05, 3.63) is 52.0 Å². The molecule has 5 nitrogen and oxygen atoms in total. The first kappa shape index (κ1) is 17.3. The van der Waals surface area contributed by atoms with Crippen LogP contribution in [-0.4, -0.2) is 21.7 Å². The lowest BCUT2D eigenvalue weighted by molar-refractivity contribution is -0.139. The van der Waals surface area contributed by atoms with E-state index in [-0.39, 0.29) is 18.8 Å². The van der Waals surface area contributed by atoms with Crippen LogP contribution < -0.4 is 5.56 Å². The Morgan fingerprint density at radius 2 is 2.19 bits per heavy atom. The van der Waals surface area contributed by atoms with Crippen LogP contribution in [0.5, 0.6) is 0 Å². The van der Waals surface area contributed by atoms with Crippen LogP contribution >= 0.6 is 11.3 Å². The maximum atomic E-state index is 14.1. The van der Waals surface area contributed by atoms with Gasteiger partial charge in [-0.05, 0) is 17.5 Å². The van der Waals surface area contributed by atoms with Gasteiger partial charge in [0.25, 0.3) is 5.56 Å². The average molecular weight is 374 g/mol. The molecule has 0 aliphatic carbocycles. The van der Waals surface area contributed by atoms with Crippen LogP contribution in [0.25, 0.3) is 20.5 Å². The van der Waals surface area contributed by atoms with E-state index in [0.29, 0.717) is 26.2 Å². The molecule has 136 valence electrons. The Morgan fingerprint density at radius 1 is 1.42 bits per heavy atom. The van der Waals surface area contributed by atoms with Crippen LogP contribution in [0.4, 0.5) is 4.39 Å². The van der Waals surface area contributed by atoms with Gasteiger partial charge in [0.15, 0.2) is 0 Å². The molecule has 0 fully saturated rings. The molecule has 0 bridgehead atoms. The molecule has 4 heterocycles. The first-order chi connectivity index (χ1) is 12.2. The molecule has 0 amide bonds. The number of hydrogen-bond acceptors (Lipinski definition) is 5. The number of aliphatic hydroxyl groups is 1. The molecule has 1 aliphatic heterocycles. The van der Waals surface area contributed by atoms with Crippen molar-refractivity contribution in [2.24, 2.45) is 5.41 Å². The maximum Gasteiger partial charge on any atom is 0.266 e. The molecule has 7 heteroatoms. The highest BCUT2D eigenvalue weighted by Gasteiger charge is 2.47. The SMILES string of the molecule is CC(C)(C)C1(O)COCc2c1[nH]c(=O)c1sc(-c3ccncc3F)cc21. The maximum absolute atomic E-state index is 14.1. The zero-order valence-corrected chi connectivity index (χ0v) is 15.5. The molecule has 2 N–H and O–H groups in total. The summed E-state index contributed by atoms with van der Waals surface area (Å²) in [7, 11) is 0. The number of fused-ring (bicyclic) bond motifs is 3. The van der Waals surface area contributed by atoms with E-state index < -0.39 is 16.8 Å². The number of rotatable bonds is 1. The number of nitrogens with one attached hydrogen (secondary N) is 1. The molecule has 1 unspecified atom stereocenters. The Balaban J connectivity index is 2.00. The van der Waals surface area contributed by atoms with Gasteiger partial charge in [-0.15, -0.1) is 11.3 Å². The highest BCUT2D eigenvalue weighted by molar-refractivity contribution is 7.22. The largest absolute Gasteiger partial charge is 0.381 e. The third-order valence-electron chi connectivity index (χ3n) is 5.05. The summed E-state index contributed by atoms with van der Waals surface area (Å²) in [6.45, 7) is 6.11. The third kappa shape index (κ3) is 2.42. The summed E-state index contributed by atoms with van der Waals surface area (Å²) in [6, 6.07) is 3.38. The van der Waals surface area contributed by atoms with E-state index >= 15 is 0 Å². The lowest BCUT2D eigenvalue weighted by atomic mass is 9.72. The van der Waals surface area contributed by atoms with Gasteiger partial charge in [-0.3, -0.25) is 9.78 Å². The van der Waals surface area contributed by atoms with Gasteiger partial charge in [0.1, 0.15) is 16.1 Å². The fourth-order valence-corrected chi connectivity index (χ4v) is 4.45. The number of nitrogens with zero attached hydrogens (tertiary/aromatic N) is 1. The summed E-state index contributed by atoms with van der Waals surface area (Å²) in [5.74, 6) is -0.438. The smallest absolute Gasteiger partial charge is 0.266 e. The van der Waals surface area contributed by atoms with E-state index in [9.17, 15) is 14.3 Å². The van der Waals surface area contributed by atoms with Crippen LogP contribution in [0, 0.1) is 11.2 Å². The summed E-state index contributed by atoms with van der Waals surface area (Å²) >= 11 is 1.22. The molecule has 0 aromatic carbocycles. The molecule has 1 aliphatic rings. The minimum Gasteiger partial charge on any atom is -0.381 e. The first-order valence-electron chi connectivity index (χ1n) is 8.31. The number of ether oxygens (including phenoxy) is 1. The van der Waals surface area contributed by atoms with Crippen molar-refractivity contribution in [3.63, 3.8) is 0 Å². The summed E-state index contributed by atoms with van der Waals surface area (Å²) in [5, 5.41) is 11.9. The second-order valence-electron chi connectivity index (χ2n) is 7.62. The van der Waals surface area contributed by atoms with Crippen molar-refractivity contribution in [2.75, 3.05) is 6.61 Å². The predicted octanol–water partition coefficient (Wildman–Crippen LogP) is 3.55. The number of thiophene rings is 1. The van der Waals surface area contributed by atoms with Gasteiger partial charge in [0.05, 0.1) is 25.1 Å². The van der Waals surface area contributed by atoms with Gasteiger partial charge in [-0.1, -0.05) is 20.8 Å². The summed E-state index contributed by atoms with van der Waals surface area (Å²) < 4.78 is 20.3. The topological polar surface area (TPSA) is 75.2 Å². The van der Waals surface area contributed by atoms with Crippen LogP contribution in [0.1, 0.15) is 32.0 Å². The van der Waals surface area contributed by atoms with Gasteiger partial charge in [-0.25, -0.2) is 4.39 Å². The lowest BCUT2D eigenvalue weighted by Gasteiger charge is -2.43. The Bertz CT molecular complexity index is 1070. The fourth-order valence-electron chi connectivity index (χ4n) is 3.34. The Morgan fingerprint density at radius 3 is 2.88 bits per heavy atom. The van der Waals surface area contributed by atoms with Crippen molar-refractivity contribution < 1.29 is 14.2 Å². The van der Waals surface area contributed by atoms with E-state index in [4.69, 9.17) is 4.74 Å². The molecule has 0 spiro atoms. The van der Waals surface area contributed by atoms with Crippen molar-refractivity contribution in [3.8, 4) is 10.4 Å². The Kier molecular flexibility index (Phi) is 3.80. The van der Waals surface area contributed by atoms with Gasteiger partial charge in [0, 0.05) is 27.6 Å². The van der Waals surface area contributed by atoms with Crippen LogP contribution in [-0.2, 0) is 16.9 Å². The third-order valence-corrected chi connectivity index (χ3v) is 6.22. The number of aromatic amines is 1.